The van der Waals surface area contributed by atoms with Crippen molar-refractivity contribution in [1.29, 1.82) is 0 Å². The van der Waals surface area contributed by atoms with E-state index in [2.05, 4.69) is 20.9 Å². The minimum Gasteiger partial charge on any atom is -1.00 e. The van der Waals surface area contributed by atoms with Gasteiger partial charge in [-0.1, -0.05) is 46.0 Å². The van der Waals surface area contributed by atoms with Crippen LogP contribution < -0.4 is 17.0 Å². The summed E-state index contributed by atoms with van der Waals surface area (Å²) in [5.41, 5.74) is 0. The van der Waals surface area contributed by atoms with Gasteiger partial charge in [0.1, 0.15) is 0 Å². The first-order valence-electron chi connectivity index (χ1n) is 9.13. The van der Waals surface area contributed by atoms with Crippen molar-refractivity contribution < 1.29 is 26.6 Å². The number of quaternary nitrogens is 1. The molecule has 130 valence electrons. The van der Waals surface area contributed by atoms with Gasteiger partial charge in [-0.05, 0) is 38.5 Å². The van der Waals surface area contributed by atoms with Crippen molar-refractivity contribution in [2.75, 3.05) is 33.3 Å². The molecule has 1 N–H and O–H groups in total. The highest BCUT2D eigenvalue weighted by atomic mass is 79.9. The Morgan fingerprint density at radius 3 is 1.52 bits per heavy atom. The molecule has 0 spiro atoms. The molecule has 0 aromatic carbocycles. The maximum Gasteiger partial charge on any atom is 0.0785 e. The van der Waals surface area contributed by atoms with Crippen LogP contribution >= 0.6 is 0 Å². The Balaban J connectivity index is 0. The van der Waals surface area contributed by atoms with Gasteiger partial charge in [0.05, 0.1) is 26.7 Å². The second-order valence-electron chi connectivity index (χ2n) is 6.70. The molecule has 0 aliphatic rings. The third-order valence-corrected chi connectivity index (χ3v) is 4.46. The molecule has 0 fully saturated rings. The standard InChI is InChI=1S/C18H40NO.BrH/c1-4-6-8-9-10-12-16-19(3,15-11-7-5-2)17-13-14-18-20;/h20H,4-18H2,1-3H3;1H/q+1;/p-1. The van der Waals surface area contributed by atoms with Crippen LogP contribution in [-0.2, 0) is 0 Å². The van der Waals surface area contributed by atoms with Crippen molar-refractivity contribution in [2.45, 2.75) is 84.5 Å². The molecule has 0 aliphatic carbocycles. The van der Waals surface area contributed by atoms with Crippen LogP contribution in [0.1, 0.15) is 84.5 Å². The van der Waals surface area contributed by atoms with Crippen molar-refractivity contribution in [3.63, 3.8) is 0 Å². The smallest absolute Gasteiger partial charge is 0.0785 e. The zero-order valence-electron chi connectivity index (χ0n) is 14.9. The summed E-state index contributed by atoms with van der Waals surface area (Å²) in [6.45, 7) is 8.83. The molecule has 0 heterocycles. The number of rotatable bonds is 15. The Labute approximate surface area is 144 Å². The van der Waals surface area contributed by atoms with Gasteiger partial charge in [0.2, 0.25) is 0 Å². The van der Waals surface area contributed by atoms with E-state index in [1.165, 1.54) is 88.3 Å². The maximum atomic E-state index is 8.97. The quantitative estimate of drug-likeness (QED) is 0.346. The molecule has 0 rings (SSSR count). The van der Waals surface area contributed by atoms with Gasteiger partial charge in [0.15, 0.2) is 0 Å². The van der Waals surface area contributed by atoms with Gasteiger partial charge in [-0.15, -0.1) is 0 Å². The summed E-state index contributed by atoms with van der Waals surface area (Å²) in [6, 6.07) is 0. The van der Waals surface area contributed by atoms with Gasteiger partial charge in [0, 0.05) is 6.61 Å². The van der Waals surface area contributed by atoms with Crippen molar-refractivity contribution in [2.24, 2.45) is 0 Å². The van der Waals surface area contributed by atoms with Crippen LogP contribution in [0.15, 0.2) is 0 Å². The summed E-state index contributed by atoms with van der Waals surface area (Å²) in [5.74, 6) is 0. The van der Waals surface area contributed by atoms with Crippen molar-refractivity contribution >= 4 is 0 Å². The summed E-state index contributed by atoms with van der Waals surface area (Å²) >= 11 is 0. The zero-order chi connectivity index (χ0) is 15.1. The fourth-order valence-electron chi connectivity index (χ4n) is 2.96. The fourth-order valence-corrected chi connectivity index (χ4v) is 2.96. The molecule has 0 radical (unpaired) electrons. The first-order valence-corrected chi connectivity index (χ1v) is 9.13. The summed E-state index contributed by atoms with van der Waals surface area (Å²) in [4.78, 5) is 0. The molecule has 3 heteroatoms. The fraction of sp³-hybridized carbons (Fsp3) is 1.00. The van der Waals surface area contributed by atoms with Gasteiger partial charge in [-0.2, -0.15) is 0 Å². The molecule has 1 atom stereocenters. The lowest BCUT2D eigenvalue weighted by Gasteiger charge is -2.35. The van der Waals surface area contributed by atoms with E-state index in [1.54, 1.807) is 0 Å². The SMILES string of the molecule is CCCCCCCC[N+](C)(CCCCC)CCCCO.[Br-]. The average molecular weight is 366 g/mol. The lowest BCUT2D eigenvalue weighted by molar-refractivity contribution is -0.910. The Kier molecular flexibility index (Phi) is 18.9. The molecule has 0 aromatic heterocycles. The van der Waals surface area contributed by atoms with Gasteiger partial charge >= 0.3 is 0 Å². The lowest BCUT2D eigenvalue weighted by atomic mass is 10.1. The topological polar surface area (TPSA) is 20.2 Å². The molecule has 0 aliphatic heterocycles. The molecule has 21 heavy (non-hydrogen) atoms. The van der Waals surface area contributed by atoms with Gasteiger partial charge in [0.25, 0.3) is 0 Å². The molecular weight excluding hydrogens is 326 g/mol. The van der Waals surface area contributed by atoms with Crippen LogP contribution in [0.2, 0.25) is 0 Å². The van der Waals surface area contributed by atoms with Crippen LogP contribution in [0.5, 0.6) is 0 Å². The van der Waals surface area contributed by atoms with E-state index in [1.807, 2.05) is 0 Å². The summed E-state index contributed by atoms with van der Waals surface area (Å²) in [6.07, 6.45) is 14.5. The van der Waals surface area contributed by atoms with Crippen LogP contribution in [0.25, 0.3) is 0 Å². The number of hydrogen-bond acceptors (Lipinski definition) is 1. The van der Waals surface area contributed by atoms with E-state index in [4.69, 9.17) is 5.11 Å². The highest BCUT2D eigenvalue weighted by Crippen LogP contribution is 2.13. The molecule has 0 saturated carbocycles. The largest absolute Gasteiger partial charge is 1.00 e. The van der Waals surface area contributed by atoms with E-state index < -0.39 is 0 Å². The Morgan fingerprint density at radius 2 is 1.00 bits per heavy atom. The Bertz CT molecular complexity index is 190. The monoisotopic (exact) mass is 365 g/mol. The number of halogens is 1. The molecule has 0 saturated heterocycles. The minimum atomic E-state index is 0. The van der Waals surface area contributed by atoms with Crippen LogP contribution in [0, 0.1) is 0 Å². The second kappa shape index (κ2) is 16.8. The summed E-state index contributed by atoms with van der Waals surface area (Å²) in [7, 11) is 2.43. The van der Waals surface area contributed by atoms with E-state index >= 15 is 0 Å². The molecule has 0 bridgehead atoms. The Hall–Kier alpha value is 0.400. The maximum absolute atomic E-state index is 8.97. The molecule has 2 nitrogen and oxygen atoms in total. The van der Waals surface area contributed by atoms with Gasteiger partial charge in [-0.3, -0.25) is 0 Å². The number of aliphatic hydroxyl groups excluding tert-OH is 1. The molecule has 1 unspecified atom stereocenters. The van der Waals surface area contributed by atoms with Crippen molar-refractivity contribution in [1.82, 2.24) is 0 Å². The second-order valence-corrected chi connectivity index (χ2v) is 6.70. The number of unbranched alkanes of at least 4 members (excludes halogenated alkanes) is 8. The highest BCUT2D eigenvalue weighted by molar-refractivity contribution is 4.48. The normalized spacial score (nSPS) is 13.7. The van der Waals surface area contributed by atoms with Crippen LogP contribution in [0.4, 0.5) is 0 Å². The number of nitrogens with zero attached hydrogens (tertiary/aromatic N) is 1. The van der Waals surface area contributed by atoms with Crippen molar-refractivity contribution in [3.8, 4) is 0 Å². The predicted octanol–water partition coefficient (Wildman–Crippen LogP) is 1.76. The summed E-state index contributed by atoms with van der Waals surface area (Å²) < 4.78 is 1.23. The van der Waals surface area contributed by atoms with Crippen LogP contribution in [-0.4, -0.2) is 42.9 Å². The summed E-state index contributed by atoms with van der Waals surface area (Å²) in [5, 5.41) is 8.97. The van der Waals surface area contributed by atoms with E-state index in [0.717, 1.165) is 6.42 Å². The van der Waals surface area contributed by atoms with E-state index in [0.29, 0.717) is 6.61 Å². The third kappa shape index (κ3) is 15.1. The zero-order valence-corrected chi connectivity index (χ0v) is 16.5. The van der Waals surface area contributed by atoms with E-state index in [9.17, 15) is 0 Å². The molecule has 0 aromatic rings. The average Bonchev–Trinajstić information content (AvgIpc) is 2.43. The Morgan fingerprint density at radius 1 is 0.619 bits per heavy atom. The van der Waals surface area contributed by atoms with Gasteiger partial charge < -0.3 is 26.6 Å². The van der Waals surface area contributed by atoms with Crippen LogP contribution in [0.3, 0.4) is 0 Å². The predicted molar refractivity (Wildman–Crippen MR) is 90.0 cm³/mol. The first kappa shape index (κ1) is 23.7. The first-order chi connectivity index (χ1) is 9.68. The highest BCUT2D eigenvalue weighted by Gasteiger charge is 2.19. The van der Waals surface area contributed by atoms with Gasteiger partial charge in [-0.25, -0.2) is 0 Å². The number of aliphatic hydroxyl groups is 1. The minimum absolute atomic E-state index is 0. The van der Waals surface area contributed by atoms with E-state index in [-0.39, 0.29) is 17.0 Å². The third-order valence-electron chi connectivity index (χ3n) is 4.46. The lowest BCUT2D eigenvalue weighted by Crippen LogP contribution is -3.00. The molecule has 0 amide bonds. The number of hydrogen-bond donors (Lipinski definition) is 1. The molecular formula is C18H40BrNO. The van der Waals surface area contributed by atoms with Crippen molar-refractivity contribution in [3.05, 3.63) is 0 Å².